The van der Waals surface area contributed by atoms with E-state index in [0.29, 0.717) is 5.75 Å². The lowest BCUT2D eigenvalue weighted by Gasteiger charge is -2.36. The van der Waals surface area contributed by atoms with Gasteiger partial charge >= 0.3 is 0 Å². The summed E-state index contributed by atoms with van der Waals surface area (Å²) in [7, 11) is 0. The van der Waals surface area contributed by atoms with E-state index < -0.39 is 0 Å². The van der Waals surface area contributed by atoms with Crippen LogP contribution in [0, 0.1) is 0 Å². The van der Waals surface area contributed by atoms with E-state index in [4.69, 9.17) is 9.47 Å². The second-order valence-electron chi connectivity index (χ2n) is 7.28. The van der Waals surface area contributed by atoms with Crippen molar-refractivity contribution in [3.63, 3.8) is 0 Å². The van der Waals surface area contributed by atoms with Gasteiger partial charge in [-0.3, -0.25) is 0 Å². The van der Waals surface area contributed by atoms with Crippen molar-refractivity contribution in [3.8, 4) is 23.0 Å². The molecule has 0 aliphatic carbocycles. The molecule has 0 saturated heterocycles. The summed E-state index contributed by atoms with van der Waals surface area (Å²) in [5, 5.41) is 19.9. The van der Waals surface area contributed by atoms with Gasteiger partial charge < -0.3 is 19.7 Å². The van der Waals surface area contributed by atoms with E-state index in [9.17, 15) is 10.2 Å². The largest absolute Gasteiger partial charge is 0.508 e. The van der Waals surface area contributed by atoms with Crippen molar-refractivity contribution in [2.24, 2.45) is 0 Å². The zero-order chi connectivity index (χ0) is 16.9. The Hall–Kier alpha value is -2.36. The Morgan fingerprint density at radius 1 is 1.08 bits per heavy atom. The molecular weight excluding hydrogens is 304 g/mol. The summed E-state index contributed by atoms with van der Waals surface area (Å²) in [6.45, 7) is 4.08. The summed E-state index contributed by atoms with van der Waals surface area (Å²) in [5.74, 6) is 1.74. The van der Waals surface area contributed by atoms with Crippen LogP contribution in [0.15, 0.2) is 30.3 Å². The van der Waals surface area contributed by atoms with E-state index >= 15 is 0 Å². The minimum Gasteiger partial charge on any atom is -0.508 e. The van der Waals surface area contributed by atoms with Gasteiger partial charge in [0, 0.05) is 11.6 Å². The molecule has 24 heavy (non-hydrogen) atoms. The van der Waals surface area contributed by atoms with Crippen molar-refractivity contribution in [3.05, 3.63) is 47.0 Å². The fraction of sp³-hybridized carbons (Fsp3) is 0.400. The van der Waals surface area contributed by atoms with E-state index in [1.165, 1.54) is 0 Å². The summed E-state index contributed by atoms with van der Waals surface area (Å²) in [6, 6.07) is 8.92. The molecule has 126 valence electrons. The van der Waals surface area contributed by atoms with Crippen LogP contribution >= 0.6 is 0 Å². The zero-order valence-electron chi connectivity index (χ0n) is 14.0. The van der Waals surface area contributed by atoms with Crippen LogP contribution in [0.25, 0.3) is 0 Å². The Balaban J connectivity index is 1.71. The molecule has 0 unspecified atom stereocenters. The van der Waals surface area contributed by atoms with Crippen molar-refractivity contribution in [2.75, 3.05) is 0 Å². The third kappa shape index (κ3) is 2.56. The smallest absolute Gasteiger partial charge is 0.165 e. The molecule has 0 aromatic heterocycles. The van der Waals surface area contributed by atoms with E-state index in [0.717, 1.165) is 48.1 Å². The third-order valence-electron chi connectivity index (χ3n) is 4.97. The highest BCUT2D eigenvalue weighted by Gasteiger charge is 2.33. The highest BCUT2D eigenvalue weighted by atomic mass is 16.5. The molecule has 0 spiro atoms. The van der Waals surface area contributed by atoms with Gasteiger partial charge in [0.1, 0.15) is 23.2 Å². The first kappa shape index (κ1) is 15.2. The number of ether oxygens (including phenoxy) is 2. The zero-order valence-corrected chi connectivity index (χ0v) is 14.0. The Morgan fingerprint density at radius 3 is 2.75 bits per heavy atom. The van der Waals surface area contributed by atoms with Crippen LogP contribution in [-0.4, -0.2) is 15.8 Å². The highest BCUT2D eigenvalue weighted by Crippen LogP contribution is 2.45. The molecule has 2 aromatic carbocycles. The topological polar surface area (TPSA) is 58.9 Å². The van der Waals surface area contributed by atoms with Crippen LogP contribution in [0.2, 0.25) is 0 Å². The molecule has 4 heteroatoms. The van der Waals surface area contributed by atoms with E-state index in [-0.39, 0.29) is 23.2 Å². The van der Waals surface area contributed by atoms with Gasteiger partial charge in [0.25, 0.3) is 0 Å². The number of aryl methyl sites for hydroxylation is 1. The molecule has 1 atom stereocenters. The summed E-state index contributed by atoms with van der Waals surface area (Å²) < 4.78 is 12.2. The fourth-order valence-corrected chi connectivity index (χ4v) is 3.63. The molecule has 2 aliphatic rings. The van der Waals surface area contributed by atoms with Gasteiger partial charge in [-0.05, 0) is 62.8 Å². The summed E-state index contributed by atoms with van der Waals surface area (Å²) in [4.78, 5) is 0. The highest BCUT2D eigenvalue weighted by molar-refractivity contribution is 5.53. The number of fused-ring (bicyclic) bond motifs is 2. The van der Waals surface area contributed by atoms with Crippen molar-refractivity contribution < 1.29 is 19.7 Å². The summed E-state index contributed by atoms with van der Waals surface area (Å²) >= 11 is 0. The maximum Gasteiger partial charge on any atom is 0.165 e. The molecule has 0 fully saturated rings. The predicted molar refractivity (Wildman–Crippen MR) is 90.9 cm³/mol. The van der Waals surface area contributed by atoms with Crippen molar-refractivity contribution in [2.45, 2.75) is 51.2 Å². The predicted octanol–water partition coefficient (Wildman–Crippen LogP) is 4.27. The average Bonchev–Trinajstić information content (AvgIpc) is 2.54. The summed E-state index contributed by atoms with van der Waals surface area (Å²) in [6.07, 6.45) is 3.46. The van der Waals surface area contributed by atoms with Gasteiger partial charge in [0.15, 0.2) is 11.5 Å². The number of hydrogen-bond acceptors (Lipinski definition) is 4. The third-order valence-corrected chi connectivity index (χ3v) is 4.97. The van der Waals surface area contributed by atoms with Crippen LogP contribution in [0.4, 0.5) is 0 Å². The molecule has 0 radical (unpaired) electrons. The lowest BCUT2D eigenvalue weighted by molar-refractivity contribution is 0.0785. The maximum atomic E-state index is 10.2. The van der Waals surface area contributed by atoms with Crippen LogP contribution in [0.1, 0.15) is 49.5 Å². The Labute approximate surface area is 141 Å². The lowest BCUT2D eigenvalue weighted by Crippen LogP contribution is -2.33. The van der Waals surface area contributed by atoms with Crippen LogP contribution in [-0.2, 0) is 12.8 Å². The quantitative estimate of drug-likeness (QED) is 0.822. The normalized spacial score (nSPS) is 21.2. The number of benzene rings is 2. The van der Waals surface area contributed by atoms with Crippen molar-refractivity contribution in [1.29, 1.82) is 0 Å². The van der Waals surface area contributed by atoms with E-state index in [1.807, 2.05) is 26.0 Å². The molecule has 2 aliphatic heterocycles. The number of aromatic hydroxyl groups is 2. The fourth-order valence-electron chi connectivity index (χ4n) is 3.63. The van der Waals surface area contributed by atoms with Crippen LogP contribution in [0.5, 0.6) is 23.0 Å². The minimum absolute atomic E-state index is 0.0848. The number of phenolic OH excluding ortho intramolecular Hbond substituents is 2. The Bertz CT molecular complexity index is 794. The standard InChI is InChI=1S/C20H22O4/c1-20(2)10-9-15-14(6-7-16(22)19(15)24-20)17-8-4-12-3-5-13(21)11-18(12)23-17/h3,5-7,11,17,21-22H,4,8-10H2,1-2H3/t17-/m0/s1. The molecule has 0 amide bonds. The molecule has 2 heterocycles. The summed E-state index contributed by atoms with van der Waals surface area (Å²) in [5.41, 5.74) is 2.97. The van der Waals surface area contributed by atoms with E-state index in [1.54, 1.807) is 18.2 Å². The second kappa shape index (κ2) is 5.33. The Kier molecular flexibility index (Phi) is 3.37. The van der Waals surface area contributed by atoms with Gasteiger partial charge in [-0.1, -0.05) is 12.1 Å². The van der Waals surface area contributed by atoms with Gasteiger partial charge in [-0.15, -0.1) is 0 Å². The molecule has 2 aromatic rings. The Morgan fingerprint density at radius 2 is 1.92 bits per heavy atom. The first-order valence-corrected chi connectivity index (χ1v) is 8.45. The van der Waals surface area contributed by atoms with Crippen molar-refractivity contribution in [1.82, 2.24) is 0 Å². The molecule has 0 saturated carbocycles. The van der Waals surface area contributed by atoms with Crippen molar-refractivity contribution >= 4 is 0 Å². The average molecular weight is 326 g/mol. The van der Waals surface area contributed by atoms with Gasteiger partial charge in [-0.2, -0.15) is 0 Å². The molecule has 2 N–H and O–H groups in total. The SMILES string of the molecule is CC1(C)CCc2c([C@@H]3CCc4ccc(O)cc4O3)ccc(O)c2O1. The number of rotatable bonds is 1. The molecule has 4 rings (SSSR count). The van der Waals surface area contributed by atoms with E-state index in [2.05, 4.69) is 0 Å². The first-order chi connectivity index (χ1) is 11.4. The second-order valence-corrected chi connectivity index (χ2v) is 7.28. The monoisotopic (exact) mass is 326 g/mol. The molecule has 4 nitrogen and oxygen atoms in total. The number of phenols is 2. The van der Waals surface area contributed by atoms with Gasteiger partial charge in [-0.25, -0.2) is 0 Å². The van der Waals surface area contributed by atoms with Gasteiger partial charge in [0.2, 0.25) is 0 Å². The van der Waals surface area contributed by atoms with Gasteiger partial charge in [0.05, 0.1) is 0 Å². The first-order valence-electron chi connectivity index (χ1n) is 8.45. The number of hydrogen-bond donors (Lipinski definition) is 2. The minimum atomic E-state index is -0.269. The van der Waals surface area contributed by atoms with Crippen LogP contribution < -0.4 is 9.47 Å². The maximum absolute atomic E-state index is 10.2. The van der Waals surface area contributed by atoms with Crippen LogP contribution in [0.3, 0.4) is 0 Å². The molecule has 0 bridgehead atoms. The molecular formula is C20H22O4. The lowest BCUT2D eigenvalue weighted by atomic mass is 9.87.